The van der Waals surface area contributed by atoms with Crippen LogP contribution in [0.25, 0.3) is 11.0 Å². The van der Waals surface area contributed by atoms with Crippen molar-refractivity contribution in [2.45, 2.75) is 43.5 Å². The van der Waals surface area contributed by atoms with Crippen molar-refractivity contribution in [1.82, 2.24) is 0 Å². The van der Waals surface area contributed by atoms with Crippen LogP contribution in [0.5, 0.6) is 0 Å². The fourth-order valence-electron chi connectivity index (χ4n) is 3.65. The maximum absolute atomic E-state index is 6.48. The maximum Gasteiger partial charge on any atom is 0.142 e. The van der Waals surface area contributed by atoms with Gasteiger partial charge in [-0.1, -0.05) is 30.9 Å². The van der Waals surface area contributed by atoms with E-state index < -0.39 is 0 Å². The first-order valence-corrected chi connectivity index (χ1v) is 8.26. The van der Waals surface area contributed by atoms with Gasteiger partial charge in [0.1, 0.15) is 11.3 Å². The average Bonchev–Trinajstić information content (AvgIpc) is 2.91. The molecule has 1 aromatic heterocycles. The smallest absolute Gasteiger partial charge is 0.142 e. The quantitative estimate of drug-likeness (QED) is 0.710. The second-order valence-electron chi connectivity index (χ2n) is 5.87. The summed E-state index contributed by atoms with van der Waals surface area (Å²) < 4.78 is 5.99. The van der Waals surface area contributed by atoms with Gasteiger partial charge in [0.2, 0.25) is 0 Å². The molecule has 2 aromatic rings. The number of hydrogen-bond acceptors (Lipinski definition) is 3. The molecular formula is C16H16Cl2N2O. The summed E-state index contributed by atoms with van der Waals surface area (Å²) in [5.74, 6) is 1.14. The number of benzene rings is 1. The highest BCUT2D eigenvalue weighted by molar-refractivity contribution is 6.35. The van der Waals surface area contributed by atoms with Crippen molar-refractivity contribution in [1.29, 1.82) is 0 Å². The minimum Gasteiger partial charge on any atom is -0.459 e. The molecule has 1 aromatic carbocycles. The Morgan fingerprint density at radius 2 is 2.05 bits per heavy atom. The van der Waals surface area contributed by atoms with Crippen molar-refractivity contribution in [3.05, 3.63) is 28.5 Å². The largest absolute Gasteiger partial charge is 0.459 e. The lowest BCUT2D eigenvalue weighted by Crippen LogP contribution is -2.31. The molecule has 1 aliphatic carbocycles. The Morgan fingerprint density at radius 3 is 2.81 bits per heavy atom. The third kappa shape index (κ3) is 1.98. The molecule has 1 aliphatic heterocycles. The van der Waals surface area contributed by atoms with Crippen molar-refractivity contribution in [3.63, 3.8) is 0 Å². The molecule has 0 saturated heterocycles. The van der Waals surface area contributed by atoms with Gasteiger partial charge < -0.3 is 9.73 Å². The molecule has 1 N–H and O–H groups in total. The molecule has 2 heterocycles. The highest BCUT2D eigenvalue weighted by atomic mass is 35.5. The molecule has 0 radical (unpaired) electrons. The van der Waals surface area contributed by atoms with Crippen molar-refractivity contribution in [2.24, 2.45) is 4.99 Å². The number of hydrogen-bond donors (Lipinski definition) is 1. The number of alkyl halides is 1. The molecule has 4 rings (SSSR count). The second-order valence-corrected chi connectivity index (χ2v) is 6.54. The van der Waals surface area contributed by atoms with Gasteiger partial charge in [0.05, 0.1) is 28.5 Å². The van der Waals surface area contributed by atoms with E-state index in [-0.39, 0.29) is 5.54 Å². The van der Waals surface area contributed by atoms with Crippen LogP contribution in [0.2, 0.25) is 5.02 Å². The number of anilines is 1. The summed E-state index contributed by atoms with van der Waals surface area (Å²) >= 11 is 12.4. The molecule has 1 spiro atoms. The van der Waals surface area contributed by atoms with E-state index in [1.165, 1.54) is 19.3 Å². The molecule has 21 heavy (non-hydrogen) atoms. The number of aliphatic imine (C=N–C) groups is 1. The first-order valence-electron chi connectivity index (χ1n) is 7.35. The number of rotatable bonds is 1. The van der Waals surface area contributed by atoms with E-state index in [1.54, 1.807) is 6.34 Å². The topological polar surface area (TPSA) is 37.5 Å². The average molecular weight is 323 g/mol. The zero-order valence-electron chi connectivity index (χ0n) is 11.6. The van der Waals surface area contributed by atoms with Gasteiger partial charge in [0.25, 0.3) is 0 Å². The van der Waals surface area contributed by atoms with Crippen LogP contribution in [-0.4, -0.2) is 6.34 Å². The van der Waals surface area contributed by atoms with Crippen molar-refractivity contribution >= 4 is 46.2 Å². The zero-order chi connectivity index (χ0) is 14.4. The fraction of sp³-hybridized carbons (Fsp3) is 0.438. The Kier molecular flexibility index (Phi) is 3.16. The molecule has 3 nitrogen and oxygen atoms in total. The normalized spacial score (nSPS) is 19.7. The molecule has 0 unspecified atom stereocenters. The van der Waals surface area contributed by atoms with Crippen LogP contribution in [0.15, 0.2) is 21.5 Å². The van der Waals surface area contributed by atoms with Crippen molar-refractivity contribution < 1.29 is 4.42 Å². The van der Waals surface area contributed by atoms with E-state index in [0.29, 0.717) is 5.88 Å². The van der Waals surface area contributed by atoms with Gasteiger partial charge in [-0.3, -0.25) is 4.99 Å². The van der Waals surface area contributed by atoms with Gasteiger partial charge in [0.15, 0.2) is 0 Å². The monoisotopic (exact) mass is 322 g/mol. The molecule has 5 heteroatoms. The van der Waals surface area contributed by atoms with E-state index >= 15 is 0 Å². The van der Waals surface area contributed by atoms with Crippen molar-refractivity contribution in [3.8, 4) is 0 Å². The fourth-order valence-corrected chi connectivity index (χ4v) is 4.05. The predicted molar refractivity (Wildman–Crippen MR) is 87.7 cm³/mol. The maximum atomic E-state index is 6.48. The second kappa shape index (κ2) is 4.92. The Morgan fingerprint density at radius 1 is 1.24 bits per heavy atom. The number of halogens is 2. The van der Waals surface area contributed by atoms with E-state index in [9.17, 15) is 0 Å². The van der Waals surface area contributed by atoms with Crippen LogP contribution in [-0.2, 0) is 11.4 Å². The lowest BCUT2D eigenvalue weighted by molar-refractivity contribution is 0.305. The molecule has 0 atom stereocenters. The lowest BCUT2D eigenvalue weighted by atomic mass is 9.75. The Hall–Kier alpha value is -1.19. The lowest BCUT2D eigenvalue weighted by Gasteiger charge is -2.37. The number of nitrogens with one attached hydrogen (secondary N) is 1. The third-order valence-corrected chi connectivity index (χ3v) is 5.17. The summed E-state index contributed by atoms with van der Waals surface area (Å²) in [6.07, 6.45) is 7.53. The number of furan rings is 1. The van der Waals surface area contributed by atoms with Gasteiger partial charge in [0, 0.05) is 10.9 Å². The zero-order valence-corrected chi connectivity index (χ0v) is 13.1. The van der Waals surface area contributed by atoms with E-state index in [2.05, 4.69) is 5.32 Å². The molecule has 2 aliphatic rings. The summed E-state index contributed by atoms with van der Waals surface area (Å²) in [6.45, 7) is 0. The first-order chi connectivity index (χ1) is 10.2. The molecule has 0 amide bonds. The predicted octanol–water partition coefficient (Wildman–Crippen LogP) is 5.44. The van der Waals surface area contributed by atoms with Gasteiger partial charge in [-0.2, -0.15) is 0 Å². The summed E-state index contributed by atoms with van der Waals surface area (Å²) in [6, 6.07) is 3.92. The molecule has 1 saturated carbocycles. The van der Waals surface area contributed by atoms with Gasteiger partial charge in [-0.25, -0.2) is 0 Å². The number of nitrogens with zero attached hydrogens (tertiary/aromatic N) is 1. The van der Waals surface area contributed by atoms with Crippen LogP contribution in [0.4, 0.5) is 5.69 Å². The molecular weight excluding hydrogens is 307 g/mol. The van der Waals surface area contributed by atoms with Crippen LogP contribution in [0.1, 0.15) is 43.4 Å². The highest BCUT2D eigenvalue weighted by Gasteiger charge is 2.40. The van der Waals surface area contributed by atoms with Crippen molar-refractivity contribution in [2.75, 3.05) is 5.32 Å². The van der Waals surface area contributed by atoms with E-state index in [4.69, 9.17) is 32.6 Å². The van der Waals surface area contributed by atoms with Gasteiger partial charge in [-0.15, -0.1) is 11.6 Å². The first kappa shape index (κ1) is 13.5. The minimum absolute atomic E-state index is 0.191. The summed E-state index contributed by atoms with van der Waals surface area (Å²) in [5.41, 5.74) is 2.75. The summed E-state index contributed by atoms with van der Waals surface area (Å²) in [7, 11) is 0. The van der Waals surface area contributed by atoms with E-state index in [1.807, 2.05) is 12.1 Å². The molecule has 110 valence electrons. The SMILES string of the molecule is ClCc1cc2cc(Cl)c3c(c2o1)C1(CCCCC1)N=CN3. The summed E-state index contributed by atoms with van der Waals surface area (Å²) in [4.78, 5) is 4.80. The standard InChI is InChI=1S/C16H16Cl2N2O/c17-8-11-6-10-7-12(18)14-13(15(10)21-11)16(20-9-19-14)4-2-1-3-5-16/h6-7,9H,1-5,8H2,(H,19,20). The van der Waals surface area contributed by atoms with Crippen LogP contribution in [0.3, 0.4) is 0 Å². The molecule has 0 bridgehead atoms. The van der Waals surface area contributed by atoms with Gasteiger partial charge in [-0.05, 0) is 25.0 Å². The molecule has 1 fully saturated rings. The number of fused-ring (bicyclic) bond motifs is 4. The van der Waals surface area contributed by atoms with Crippen LogP contribution in [0, 0.1) is 0 Å². The van der Waals surface area contributed by atoms with E-state index in [0.717, 1.165) is 45.8 Å². The minimum atomic E-state index is -0.191. The Labute approximate surface area is 133 Å². The van der Waals surface area contributed by atoms with Crippen LogP contribution < -0.4 is 5.32 Å². The Balaban J connectivity index is 2.02. The highest BCUT2D eigenvalue weighted by Crippen LogP contribution is 2.50. The summed E-state index contributed by atoms with van der Waals surface area (Å²) in [5, 5.41) is 4.94. The third-order valence-electron chi connectivity index (χ3n) is 4.61. The Bertz CT molecular complexity index is 729. The van der Waals surface area contributed by atoms with Crippen LogP contribution >= 0.6 is 23.2 Å². The van der Waals surface area contributed by atoms with Gasteiger partial charge >= 0.3 is 0 Å².